The fraction of sp³-hybridized carbons (Fsp3) is 0. The molecule has 0 atom stereocenters. The molecule has 0 saturated heterocycles. The van der Waals surface area contributed by atoms with Crippen molar-refractivity contribution >= 4 is 27.7 Å². The van der Waals surface area contributed by atoms with Crippen LogP contribution >= 0.6 is 0 Å². The summed E-state index contributed by atoms with van der Waals surface area (Å²) in [6, 6.07) is 14.1. The Balaban J connectivity index is 2.10. The van der Waals surface area contributed by atoms with Gasteiger partial charge in [0.15, 0.2) is 11.6 Å². The van der Waals surface area contributed by atoms with Gasteiger partial charge in [-0.05, 0) is 40.8 Å². The topological polar surface area (TPSA) is 50.4 Å². The summed E-state index contributed by atoms with van der Waals surface area (Å²) in [4.78, 5) is 11.2. The summed E-state index contributed by atoms with van der Waals surface area (Å²) in [6.07, 6.45) is 0. The number of fused-ring (bicyclic) bond motifs is 3. The molecule has 0 aliphatic rings. The van der Waals surface area contributed by atoms with Gasteiger partial charge < -0.3 is 9.52 Å². The molecule has 3 aromatic carbocycles. The molecule has 4 aromatic rings. The van der Waals surface area contributed by atoms with Gasteiger partial charge in [0, 0.05) is 10.8 Å². The highest BCUT2D eigenvalue weighted by molar-refractivity contribution is 6.12. The molecule has 1 aromatic heterocycles. The molecule has 0 aliphatic carbocycles. The highest BCUT2D eigenvalue weighted by Gasteiger charge is 2.16. The highest BCUT2D eigenvalue weighted by atomic mass is 19.2. The van der Waals surface area contributed by atoms with Crippen LogP contribution in [-0.2, 0) is 0 Å². The molecule has 0 spiro atoms. The summed E-state index contributed by atoms with van der Waals surface area (Å²) in [5, 5.41) is 11.2. The Bertz CT molecular complexity index is 1110. The molecule has 24 heavy (non-hydrogen) atoms. The SMILES string of the molecule is O=C(O)c1cc2cc(-c3ccc(F)c(F)c3)c3ccccc3c2o1. The molecule has 0 aliphatic heterocycles. The van der Waals surface area contributed by atoms with Gasteiger partial charge in [-0.1, -0.05) is 30.3 Å². The highest BCUT2D eigenvalue weighted by Crippen LogP contribution is 2.36. The van der Waals surface area contributed by atoms with E-state index < -0.39 is 17.6 Å². The van der Waals surface area contributed by atoms with Crippen LogP contribution in [0.3, 0.4) is 0 Å². The van der Waals surface area contributed by atoms with E-state index in [-0.39, 0.29) is 5.76 Å². The van der Waals surface area contributed by atoms with Crippen molar-refractivity contribution in [2.24, 2.45) is 0 Å². The molecule has 5 heteroatoms. The van der Waals surface area contributed by atoms with Gasteiger partial charge in [-0.15, -0.1) is 0 Å². The molecule has 0 unspecified atom stereocenters. The molecule has 4 rings (SSSR count). The molecule has 0 fully saturated rings. The van der Waals surface area contributed by atoms with Gasteiger partial charge in [-0.2, -0.15) is 0 Å². The van der Waals surface area contributed by atoms with Gasteiger partial charge >= 0.3 is 5.97 Å². The van der Waals surface area contributed by atoms with Crippen molar-refractivity contribution in [3.05, 3.63) is 72.0 Å². The predicted octanol–water partition coefficient (Wildman–Crippen LogP) is 5.23. The average molecular weight is 324 g/mol. The minimum Gasteiger partial charge on any atom is -0.475 e. The number of hydrogen-bond donors (Lipinski definition) is 1. The largest absolute Gasteiger partial charge is 0.475 e. The lowest BCUT2D eigenvalue weighted by Gasteiger charge is -2.08. The third-order valence-electron chi connectivity index (χ3n) is 3.96. The van der Waals surface area contributed by atoms with E-state index in [1.165, 1.54) is 12.1 Å². The van der Waals surface area contributed by atoms with E-state index in [1.54, 1.807) is 18.2 Å². The monoisotopic (exact) mass is 324 g/mol. The van der Waals surface area contributed by atoms with Gasteiger partial charge in [-0.3, -0.25) is 0 Å². The summed E-state index contributed by atoms with van der Waals surface area (Å²) >= 11 is 0. The molecular weight excluding hydrogens is 314 g/mol. The van der Waals surface area contributed by atoms with Crippen LogP contribution in [-0.4, -0.2) is 11.1 Å². The maximum Gasteiger partial charge on any atom is 0.371 e. The maximum absolute atomic E-state index is 13.6. The number of carboxylic acids is 1. The molecule has 0 amide bonds. The summed E-state index contributed by atoms with van der Waals surface area (Å²) in [5.41, 5.74) is 1.63. The Morgan fingerprint density at radius 3 is 2.38 bits per heavy atom. The first kappa shape index (κ1) is 14.4. The number of furan rings is 1. The van der Waals surface area contributed by atoms with E-state index >= 15 is 0 Å². The number of carboxylic acid groups (broad SMARTS) is 1. The Hall–Kier alpha value is -3.21. The third kappa shape index (κ3) is 2.13. The van der Waals surface area contributed by atoms with Crippen LogP contribution in [0.4, 0.5) is 8.78 Å². The van der Waals surface area contributed by atoms with E-state index in [1.807, 2.05) is 12.1 Å². The van der Waals surface area contributed by atoms with Crippen molar-refractivity contribution in [1.29, 1.82) is 0 Å². The second-order valence-electron chi connectivity index (χ2n) is 5.43. The van der Waals surface area contributed by atoms with E-state index in [0.29, 0.717) is 27.5 Å². The summed E-state index contributed by atoms with van der Waals surface area (Å²) < 4.78 is 32.3. The quantitative estimate of drug-likeness (QED) is 0.549. The number of hydrogen-bond acceptors (Lipinski definition) is 2. The second-order valence-corrected chi connectivity index (χ2v) is 5.43. The zero-order valence-corrected chi connectivity index (χ0v) is 12.2. The van der Waals surface area contributed by atoms with Crippen LogP contribution in [0.25, 0.3) is 32.9 Å². The zero-order valence-electron chi connectivity index (χ0n) is 12.2. The number of aromatic carboxylic acids is 1. The third-order valence-corrected chi connectivity index (χ3v) is 3.96. The van der Waals surface area contributed by atoms with Crippen LogP contribution in [0.5, 0.6) is 0 Å². The molecule has 0 bridgehead atoms. The first-order valence-electron chi connectivity index (χ1n) is 7.18. The van der Waals surface area contributed by atoms with Crippen molar-refractivity contribution in [2.75, 3.05) is 0 Å². The van der Waals surface area contributed by atoms with Gasteiger partial charge in [0.05, 0.1) is 0 Å². The molecule has 1 N–H and O–H groups in total. The lowest BCUT2D eigenvalue weighted by atomic mass is 9.96. The number of rotatable bonds is 2. The van der Waals surface area contributed by atoms with Crippen LogP contribution in [0.15, 0.2) is 59.0 Å². The smallest absolute Gasteiger partial charge is 0.371 e. The lowest BCUT2D eigenvalue weighted by Crippen LogP contribution is -1.91. The fourth-order valence-electron chi connectivity index (χ4n) is 2.88. The summed E-state index contributed by atoms with van der Waals surface area (Å²) in [6.45, 7) is 0. The van der Waals surface area contributed by atoms with Gasteiger partial charge in [0.25, 0.3) is 0 Å². The summed E-state index contributed by atoms with van der Waals surface area (Å²) in [7, 11) is 0. The normalized spacial score (nSPS) is 11.2. The summed E-state index contributed by atoms with van der Waals surface area (Å²) in [5.74, 6) is -3.18. The second kappa shape index (κ2) is 5.16. The van der Waals surface area contributed by atoms with Crippen molar-refractivity contribution in [3.63, 3.8) is 0 Å². The Morgan fingerprint density at radius 2 is 1.67 bits per heavy atom. The maximum atomic E-state index is 13.6. The Kier molecular flexibility index (Phi) is 3.09. The number of carbonyl (C=O) groups is 1. The van der Waals surface area contributed by atoms with Crippen LogP contribution < -0.4 is 0 Å². The lowest BCUT2D eigenvalue weighted by molar-refractivity contribution is 0.0665. The minimum atomic E-state index is -1.16. The van der Waals surface area contributed by atoms with E-state index in [0.717, 1.165) is 17.5 Å². The molecule has 3 nitrogen and oxygen atoms in total. The van der Waals surface area contributed by atoms with Gasteiger partial charge in [0.2, 0.25) is 5.76 Å². The van der Waals surface area contributed by atoms with Crippen LogP contribution in [0.2, 0.25) is 0 Å². The first-order valence-corrected chi connectivity index (χ1v) is 7.18. The van der Waals surface area contributed by atoms with Crippen molar-refractivity contribution in [3.8, 4) is 11.1 Å². The molecule has 0 radical (unpaired) electrons. The van der Waals surface area contributed by atoms with Crippen molar-refractivity contribution < 1.29 is 23.1 Å². The van der Waals surface area contributed by atoms with Crippen LogP contribution in [0.1, 0.15) is 10.6 Å². The van der Waals surface area contributed by atoms with Gasteiger partial charge in [0.1, 0.15) is 5.58 Å². The molecule has 1 heterocycles. The fourth-order valence-corrected chi connectivity index (χ4v) is 2.88. The Morgan fingerprint density at radius 1 is 0.917 bits per heavy atom. The zero-order chi connectivity index (χ0) is 16.8. The minimum absolute atomic E-state index is 0.169. The van der Waals surface area contributed by atoms with Gasteiger partial charge in [-0.25, -0.2) is 13.6 Å². The number of halogens is 2. The van der Waals surface area contributed by atoms with Crippen molar-refractivity contribution in [2.45, 2.75) is 0 Å². The van der Waals surface area contributed by atoms with E-state index in [4.69, 9.17) is 9.52 Å². The first-order chi connectivity index (χ1) is 11.5. The standard InChI is InChI=1S/C19H10F2O3/c20-15-6-5-10(8-16(15)21)14-7-11-9-17(19(22)23)24-18(11)13-4-2-1-3-12(13)14/h1-9H,(H,22,23). The van der Waals surface area contributed by atoms with Crippen molar-refractivity contribution in [1.82, 2.24) is 0 Å². The van der Waals surface area contributed by atoms with Crippen LogP contribution in [0, 0.1) is 11.6 Å². The Labute approximate surface area is 134 Å². The van der Waals surface area contributed by atoms with E-state index in [9.17, 15) is 13.6 Å². The average Bonchev–Trinajstić information content (AvgIpc) is 3.01. The number of benzene rings is 3. The van der Waals surface area contributed by atoms with E-state index in [2.05, 4.69) is 0 Å². The molecule has 118 valence electrons. The molecule has 0 saturated carbocycles. The predicted molar refractivity (Wildman–Crippen MR) is 86.0 cm³/mol. The molecular formula is C19H10F2O3.